The highest BCUT2D eigenvalue weighted by Gasteiger charge is 2.45. The smallest absolute Gasteiger partial charge is 0.350 e. The molecule has 0 amide bonds. The summed E-state index contributed by atoms with van der Waals surface area (Å²) in [4.78, 5) is 2.11. The normalized spacial score (nSPS) is 13.0. The first-order valence-corrected chi connectivity index (χ1v) is 5.49. The largest absolute Gasteiger partial charge is 0.431 e. The van der Waals surface area contributed by atoms with Gasteiger partial charge in [0.2, 0.25) is 0 Å². The molecule has 2 rings (SSSR count). The minimum absolute atomic E-state index is 0.190. The summed E-state index contributed by atoms with van der Waals surface area (Å²) >= 11 is 1.05. The second-order valence-corrected chi connectivity index (χ2v) is 4.39. The van der Waals surface area contributed by atoms with E-state index in [4.69, 9.17) is 0 Å². The quantitative estimate of drug-likeness (QED) is 0.726. The van der Waals surface area contributed by atoms with Crippen LogP contribution in [-0.4, -0.2) is 4.98 Å². The number of nitrogens with one attached hydrogen (secondary N) is 1. The van der Waals surface area contributed by atoms with Crippen molar-refractivity contribution in [2.45, 2.75) is 12.4 Å². The van der Waals surface area contributed by atoms with Crippen molar-refractivity contribution in [1.82, 2.24) is 4.98 Å². The maximum atomic E-state index is 12.5. The molecule has 0 radical (unpaired) electrons. The van der Waals surface area contributed by atoms with Gasteiger partial charge in [-0.3, -0.25) is 0 Å². The molecule has 18 heavy (non-hydrogen) atoms. The summed E-state index contributed by atoms with van der Waals surface area (Å²) in [5.74, 6) is 0. The van der Waals surface area contributed by atoms with Crippen LogP contribution in [0.5, 0.6) is 0 Å². The zero-order chi connectivity index (χ0) is 13.6. The minimum atomic E-state index is -5.07. The Morgan fingerprint density at radius 2 is 1.67 bits per heavy atom. The summed E-state index contributed by atoms with van der Waals surface area (Å²) in [7, 11) is 0. The van der Waals surface area contributed by atoms with Crippen molar-refractivity contribution in [3.8, 4) is 10.6 Å². The Morgan fingerprint density at radius 3 is 2.06 bits per heavy atom. The molecule has 0 atom stereocenters. The number of halogens is 6. The monoisotopic (exact) mass is 285 g/mol. The van der Waals surface area contributed by atoms with E-state index in [9.17, 15) is 26.3 Å². The zero-order valence-electron chi connectivity index (χ0n) is 8.49. The summed E-state index contributed by atoms with van der Waals surface area (Å²) < 4.78 is 75.1. The molecule has 8 heteroatoms. The second-order valence-electron chi connectivity index (χ2n) is 3.44. The minimum Gasteiger partial charge on any atom is -0.350 e. The number of hydrogen-bond acceptors (Lipinski definition) is 1. The lowest BCUT2D eigenvalue weighted by molar-refractivity contribution is -0.163. The highest BCUT2D eigenvalue weighted by atomic mass is 32.1. The Kier molecular flexibility index (Phi) is 2.92. The van der Waals surface area contributed by atoms with Crippen molar-refractivity contribution in [2.24, 2.45) is 0 Å². The van der Waals surface area contributed by atoms with Crippen LogP contribution < -0.4 is 0 Å². The highest BCUT2D eigenvalue weighted by molar-refractivity contribution is 7.13. The van der Waals surface area contributed by atoms with E-state index in [0.29, 0.717) is 10.9 Å². The van der Waals surface area contributed by atoms with Crippen LogP contribution in [0.2, 0.25) is 0 Å². The van der Waals surface area contributed by atoms with Gasteiger partial charge < -0.3 is 4.98 Å². The van der Waals surface area contributed by atoms with Crippen LogP contribution in [-0.2, 0) is 12.4 Å². The number of thiophene rings is 1. The van der Waals surface area contributed by atoms with Crippen molar-refractivity contribution in [3.63, 3.8) is 0 Å². The maximum Gasteiger partial charge on any atom is 0.431 e. The Bertz CT molecular complexity index is 502. The Labute approximate surface area is 101 Å². The second kappa shape index (κ2) is 4.04. The molecule has 0 aliphatic heterocycles. The fraction of sp³-hybridized carbons (Fsp3) is 0.200. The third-order valence-corrected chi connectivity index (χ3v) is 3.10. The number of aromatic nitrogens is 1. The molecule has 1 nitrogen and oxygen atoms in total. The molecule has 0 spiro atoms. The standard InChI is InChI=1S/C10H5F6NS/c11-9(12,13)5-4-6(7-2-1-3-18-7)17-8(5)10(14,15)16/h1-4,17H. The zero-order valence-corrected chi connectivity index (χ0v) is 9.30. The molecule has 0 aromatic carbocycles. The lowest BCUT2D eigenvalue weighted by Gasteiger charge is -2.09. The third-order valence-electron chi connectivity index (χ3n) is 2.19. The highest BCUT2D eigenvalue weighted by Crippen LogP contribution is 2.42. The molecule has 0 saturated heterocycles. The van der Waals surface area contributed by atoms with Gasteiger partial charge in [-0.1, -0.05) is 6.07 Å². The Hall–Kier alpha value is -1.44. The van der Waals surface area contributed by atoms with E-state index in [1.54, 1.807) is 16.4 Å². The van der Waals surface area contributed by atoms with Crippen molar-refractivity contribution in [2.75, 3.05) is 0 Å². The van der Waals surface area contributed by atoms with Gasteiger partial charge in [0.25, 0.3) is 0 Å². The third kappa shape index (κ3) is 2.38. The van der Waals surface area contributed by atoms with Crippen molar-refractivity contribution < 1.29 is 26.3 Å². The van der Waals surface area contributed by atoms with E-state index in [0.717, 1.165) is 11.3 Å². The van der Waals surface area contributed by atoms with Crippen LogP contribution in [0.25, 0.3) is 10.6 Å². The van der Waals surface area contributed by atoms with Crippen molar-refractivity contribution >= 4 is 11.3 Å². The van der Waals surface area contributed by atoms with E-state index in [-0.39, 0.29) is 5.69 Å². The summed E-state index contributed by atoms with van der Waals surface area (Å²) in [6.07, 6.45) is -10.1. The van der Waals surface area contributed by atoms with E-state index >= 15 is 0 Å². The molecule has 2 aromatic rings. The van der Waals surface area contributed by atoms with Crippen LogP contribution in [0.3, 0.4) is 0 Å². The van der Waals surface area contributed by atoms with Crippen LogP contribution >= 0.6 is 11.3 Å². The SMILES string of the molecule is FC(F)(F)c1cc(-c2cccs2)[nH]c1C(F)(F)F. The Morgan fingerprint density at radius 1 is 1.00 bits per heavy atom. The van der Waals surface area contributed by atoms with Crippen molar-refractivity contribution in [1.29, 1.82) is 0 Å². The Balaban J connectivity index is 2.59. The van der Waals surface area contributed by atoms with Gasteiger partial charge in [0, 0.05) is 0 Å². The van der Waals surface area contributed by atoms with Gasteiger partial charge in [0.1, 0.15) is 5.69 Å². The lowest BCUT2D eigenvalue weighted by atomic mass is 10.2. The number of rotatable bonds is 1. The number of hydrogen-bond donors (Lipinski definition) is 1. The molecule has 0 saturated carbocycles. The fourth-order valence-electron chi connectivity index (χ4n) is 1.47. The van der Waals surface area contributed by atoms with E-state index in [1.807, 2.05) is 0 Å². The van der Waals surface area contributed by atoms with Crippen LogP contribution in [0.4, 0.5) is 26.3 Å². The van der Waals surface area contributed by atoms with Gasteiger partial charge in [-0.2, -0.15) is 26.3 Å². The van der Waals surface area contributed by atoms with Gasteiger partial charge in [-0.25, -0.2) is 0 Å². The van der Waals surface area contributed by atoms with Gasteiger partial charge >= 0.3 is 12.4 Å². The topological polar surface area (TPSA) is 15.8 Å². The first-order chi connectivity index (χ1) is 8.19. The average molecular weight is 285 g/mol. The number of H-pyrrole nitrogens is 1. The van der Waals surface area contributed by atoms with Crippen LogP contribution in [0.1, 0.15) is 11.3 Å². The molecule has 2 heterocycles. The molecular weight excluding hydrogens is 280 g/mol. The maximum absolute atomic E-state index is 12.5. The summed E-state index contributed by atoms with van der Waals surface area (Å²) in [5.41, 5.74) is -3.65. The summed E-state index contributed by atoms with van der Waals surface area (Å²) in [6, 6.07) is 3.47. The molecule has 0 fully saturated rings. The summed E-state index contributed by atoms with van der Waals surface area (Å²) in [6.45, 7) is 0. The molecule has 0 bridgehead atoms. The molecule has 0 aliphatic carbocycles. The van der Waals surface area contributed by atoms with E-state index in [2.05, 4.69) is 0 Å². The molecular formula is C10H5F6NS. The average Bonchev–Trinajstić information content (AvgIpc) is 2.84. The van der Waals surface area contributed by atoms with Gasteiger partial charge in [0.05, 0.1) is 16.1 Å². The number of aromatic amines is 1. The van der Waals surface area contributed by atoms with Crippen LogP contribution in [0.15, 0.2) is 23.6 Å². The molecule has 0 unspecified atom stereocenters. The molecule has 1 N–H and O–H groups in total. The predicted molar refractivity (Wildman–Crippen MR) is 54.1 cm³/mol. The first kappa shape index (κ1) is 13.0. The van der Waals surface area contributed by atoms with E-state index in [1.165, 1.54) is 6.07 Å². The fourth-order valence-corrected chi connectivity index (χ4v) is 2.16. The summed E-state index contributed by atoms with van der Waals surface area (Å²) in [5, 5.41) is 1.57. The molecule has 98 valence electrons. The molecule has 0 aliphatic rings. The van der Waals surface area contributed by atoms with Crippen LogP contribution in [0, 0.1) is 0 Å². The lowest BCUT2D eigenvalue weighted by Crippen LogP contribution is -2.15. The molecule has 2 aromatic heterocycles. The van der Waals surface area contributed by atoms with Crippen molar-refractivity contribution in [3.05, 3.63) is 34.8 Å². The van der Waals surface area contributed by atoms with Gasteiger partial charge in [-0.15, -0.1) is 11.3 Å². The number of alkyl halides is 6. The first-order valence-electron chi connectivity index (χ1n) is 4.61. The van der Waals surface area contributed by atoms with Gasteiger partial charge in [-0.05, 0) is 17.5 Å². The van der Waals surface area contributed by atoms with Gasteiger partial charge in [0.15, 0.2) is 0 Å². The van der Waals surface area contributed by atoms with E-state index < -0.39 is 23.6 Å². The predicted octanol–water partition coefficient (Wildman–Crippen LogP) is 4.78.